The Labute approximate surface area is 170 Å². The number of aromatic nitrogens is 6. The van der Waals surface area contributed by atoms with Crippen LogP contribution in [0.15, 0.2) is 43.2 Å². The minimum Gasteiger partial charge on any atom is -0.473 e. The fraction of sp³-hybridized carbons (Fsp3) is 0.429. The molecule has 8 nitrogen and oxygen atoms in total. The molecule has 150 valence electrons. The van der Waals surface area contributed by atoms with E-state index in [9.17, 15) is 0 Å². The van der Waals surface area contributed by atoms with Gasteiger partial charge in [0.2, 0.25) is 11.8 Å². The lowest BCUT2D eigenvalue weighted by atomic mass is 9.92. The summed E-state index contributed by atoms with van der Waals surface area (Å²) in [5.41, 5.74) is 2.80. The smallest absolute Gasteiger partial charge is 0.232 e. The van der Waals surface area contributed by atoms with Crippen LogP contribution in [0, 0.1) is 5.92 Å². The molecule has 0 aromatic carbocycles. The van der Waals surface area contributed by atoms with Crippen molar-refractivity contribution in [2.45, 2.75) is 39.2 Å². The van der Waals surface area contributed by atoms with Crippen LogP contribution in [-0.2, 0) is 6.42 Å². The van der Waals surface area contributed by atoms with Crippen LogP contribution in [0.3, 0.4) is 0 Å². The van der Waals surface area contributed by atoms with E-state index in [1.807, 2.05) is 18.5 Å². The first-order valence-corrected chi connectivity index (χ1v) is 10.0. The molecule has 1 saturated heterocycles. The first-order chi connectivity index (χ1) is 14.2. The molecule has 0 saturated carbocycles. The number of nitrogens with zero attached hydrogens (tertiary/aromatic N) is 7. The van der Waals surface area contributed by atoms with Crippen molar-refractivity contribution in [3.8, 4) is 17.1 Å². The van der Waals surface area contributed by atoms with Gasteiger partial charge in [0, 0.05) is 31.0 Å². The summed E-state index contributed by atoms with van der Waals surface area (Å²) in [4.78, 5) is 20.1. The third-order valence-electron chi connectivity index (χ3n) is 5.40. The van der Waals surface area contributed by atoms with Crippen molar-refractivity contribution in [1.29, 1.82) is 0 Å². The first kappa shape index (κ1) is 19.2. The van der Waals surface area contributed by atoms with E-state index in [4.69, 9.17) is 4.74 Å². The van der Waals surface area contributed by atoms with E-state index < -0.39 is 0 Å². The quantitative estimate of drug-likeness (QED) is 0.633. The van der Waals surface area contributed by atoms with E-state index in [1.54, 1.807) is 24.8 Å². The lowest BCUT2D eigenvalue weighted by Gasteiger charge is -2.34. The molecule has 1 aliphatic heterocycles. The number of anilines is 1. The van der Waals surface area contributed by atoms with E-state index >= 15 is 0 Å². The Bertz CT molecular complexity index is 895. The van der Waals surface area contributed by atoms with Gasteiger partial charge in [-0.1, -0.05) is 6.92 Å². The van der Waals surface area contributed by atoms with Crippen molar-refractivity contribution in [3.05, 3.63) is 48.8 Å². The highest BCUT2D eigenvalue weighted by molar-refractivity contribution is 5.55. The molecule has 1 unspecified atom stereocenters. The minimum atomic E-state index is 0.0725. The number of piperidine rings is 1. The summed E-state index contributed by atoms with van der Waals surface area (Å²) >= 11 is 0. The average Bonchev–Trinajstić information content (AvgIpc) is 2.80. The van der Waals surface area contributed by atoms with Crippen molar-refractivity contribution in [1.82, 2.24) is 30.1 Å². The van der Waals surface area contributed by atoms with Crippen LogP contribution in [0.4, 0.5) is 5.95 Å². The van der Waals surface area contributed by atoms with Gasteiger partial charge in [-0.2, -0.15) is 10.2 Å². The molecule has 3 aromatic heterocycles. The van der Waals surface area contributed by atoms with E-state index in [0.29, 0.717) is 11.8 Å². The monoisotopic (exact) mass is 391 g/mol. The van der Waals surface area contributed by atoms with Crippen molar-refractivity contribution >= 4 is 5.95 Å². The normalized spacial score (nSPS) is 15.9. The maximum absolute atomic E-state index is 6.06. The average molecular weight is 391 g/mol. The maximum Gasteiger partial charge on any atom is 0.232 e. The molecule has 0 bridgehead atoms. The summed E-state index contributed by atoms with van der Waals surface area (Å²) in [5.74, 6) is 1.83. The SMILES string of the molecule is CCc1cnc(N2CCC(C(C)Oc3cnc(-c4ccnnc4)cn3)CC2)nc1. The van der Waals surface area contributed by atoms with Crippen LogP contribution >= 0.6 is 0 Å². The van der Waals surface area contributed by atoms with E-state index in [2.05, 4.69) is 48.9 Å². The Kier molecular flexibility index (Phi) is 5.88. The fourth-order valence-corrected chi connectivity index (χ4v) is 3.52. The van der Waals surface area contributed by atoms with Gasteiger partial charge < -0.3 is 9.64 Å². The standard InChI is InChI=1S/C21H25N7O/c1-3-16-10-24-21(25-11-16)28-8-5-17(6-9-28)15(2)29-20-14-22-19(13-23-20)18-4-7-26-27-12-18/h4,7,10-15,17H,3,5-6,8-9H2,1-2H3. The van der Waals surface area contributed by atoms with Crippen molar-refractivity contribution in [3.63, 3.8) is 0 Å². The Morgan fingerprint density at radius 3 is 2.41 bits per heavy atom. The molecule has 29 heavy (non-hydrogen) atoms. The summed E-state index contributed by atoms with van der Waals surface area (Å²) in [6.45, 7) is 6.09. The van der Waals surface area contributed by atoms with Gasteiger partial charge in [-0.3, -0.25) is 0 Å². The van der Waals surface area contributed by atoms with E-state index in [0.717, 1.165) is 55.1 Å². The van der Waals surface area contributed by atoms with Crippen LogP contribution in [0.2, 0.25) is 0 Å². The highest BCUT2D eigenvalue weighted by Crippen LogP contribution is 2.26. The topological polar surface area (TPSA) is 89.8 Å². The fourth-order valence-electron chi connectivity index (χ4n) is 3.52. The highest BCUT2D eigenvalue weighted by Gasteiger charge is 2.26. The Hall–Kier alpha value is -3.16. The molecule has 1 fully saturated rings. The molecular formula is C21H25N7O. The van der Waals surface area contributed by atoms with Crippen LogP contribution in [0.5, 0.6) is 5.88 Å². The van der Waals surface area contributed by atoms with Gasteiger partial charge in [-0.15, -0.1) is 0 Å². The molecule has 0 radical (unpaired) electrons. The molecule has 3 aromatic rings. The molecular weight excluding hydrogens is 366 g/mol. The third-order valence-corrected chi connectivity index (χ3v) is 5.40. The number of rotatable bonds is 6. The van der Waals surface area contributed by atoms with E-state index in [1.165, 1.54) is 0 Å². The summed E-state index contributed by atoms with van der Waals surface area (Å²) in [6.07, 6.45) is 13.6. The zero-order valence-corrected chi connectivity index (χ0v) is 16.8. The van der Waals surface area contributed by atoms with Crippen LogP contribution in [0.1, 0.15) is 32.3 Å². The summed E-state index contributed by atoms with van der Waals surface area (Å²) in [5, 5.41) is 7.65. The second-order valence-electron chi connectivity index (χ2n) is 7.26. The van der Waals surface area contributed by atoms with Crippen LogP contribution < -0.4 is 9.64 Å². The molecule has 0 aliphatic carbocycles. The Balaban J connectivity index is 1.31. The van der Waals surface area contributed by atoms with Gasteiger partial charge in [-0.05, 0) is 43.7 Å². The summed E-state index contributed by atoms with van der Waals surface area (Å²) < 4.78 is 6.06. The third kappa shape index (κ3) is 4.64. The van der Waals surface area contributed by atoms with Crippen molar-refractivity contribution in [2.24, 2.45) is 5.92 Å². The summed E-state index contributed by atoms with van der Waals surface area (Å²) in [7, 11) is 0. The molecule has 1 aliphatic rings. The number of hydrogen-bond donors (Lipinski definition) is 0. The zero-order valence-electron chi connectivity index (χ0n) is 16.8. The van der Waals surface area contributed by atoms with Gasteiger partial charge in [-0.25, -0.2) is 19.9 Å². The Morgan fingerprint density at radius 2 is 1.79 bits per heavy atom. The second kappa shape index (κ2) is 8.89. The van der Waals surface area contributed by atoms with Gasteiger partial charge in [0.05, 0.1) is 30.5 Å². The molecule has 0 amide bonds. The van der Waals surface area contributed by atoms with Gasteiger partial charge in [0.25, 0.3) is 0 Å². The lowest BCUT2D eigenvalue weighted by molar-refractivity contribution is 0.127. The van der Waals surface area contributed by atoms with Gasteiger partial charge in [0.1, 0.15) is 6.10 Å². The largest absolute Gasteiger partial charge is 0.473 e. The molecule has 0 spiro atoms. The van der Waals surface area contributed by atoms with Crippen molar-refractivity contribution < 1.29 is 4.74 Å². The lowest BCUT2D eigenvalue weighted by Crippen LogP contribution is -2.39. The summed E-state index contributed by atoms with van der Waals surface area (Å²) in [6, 6.07) is 1.85. The highest BCUT2D eigenvalue weighted by atomic mass is 16.5. The second-order valence-corrected chi connectivity index (χ2v) is 7.26. The van der Waals surface area contributed by atoms with Crippen LogP contribution in [-0.4, -0.2) is 49.3 Å². The number of ether oxygens (including phenoxy) is 1. The molecule has 1 atom stereocenters. The van der Waals surface area contributed by atoms with E-state index in [-0.39, 0.29) is 6.10 Å². The zero-order chi connectivity index (χ0) is 20.1. The number of aryl methyl sites for hydroxylation is 1. The predicted molar refractivity (Wildman–Crippen MR) is 109 cm³/mol. The molecule has 4 rings (SSSR count). The van der Waals surface area contributed by atoms with Gasteiger partial charge >= 0.3 is 0 Å². The molecule has 4 heterocycles. The van der Waals surface area contributed by atoms with Gasteiger partial charge in [0.15, 0.2) is 0 Å². The predicted octanol–water partition coefficient (Wildman–Crippen LogP) is 2.97. The molecule has 0 N–H and O–H groups in total. The molecule has 8 heteroatoms. The number of hydrogen-bond acceptors (Lipinski definition) is 8. The maximum atomic E-state index is 6.06. The Morgan fingerprint density at radius 1 is 1.00 bits per heavy atom. The minimum absolute atomic E-state index is 0.0725. The van der Waals surface area contributed by atoms with Crippen molar-refractivity contribution in [2.75, 3.05) is 18.0 Å². The first-order valence-electron chi connectivity index (χ1n) is 10.0. The van der Waals surface area contributed by atoms with Crippen LogP contribution in [0.25, 0.3) is 11.3 Å².